The number of nitrogens with zero attached hydrogens (tertiary/aromatic N) is 7. The Morgan fingerprint density at radius 2 is 1.83 bits per heavy atom. The van der Waals surface area contributed by atoms with Gasteiger partial charge in [0.1, 0.15) is 23.7 Å². The lowest BCUT2D eigenvalue weighted by Crippen LogP contribution is -2.36. The summed E-state index contributed by atoms with van der Waals surface area (Å²) in [6, 6.07) is 1.86. The summed E-state index contributed by atoms with van der Waals surface area (Å²) in [7, 11) is 1.65. The van der Waals surface area contributed by atoms with Crippen molar-refractivity contribution in [3.8, 4) is 11.5 Å². The third-order valence-electron chi connectivity index (χ3n) is 5.57. The minimum absolute atomic E-state index is 0.156. The summed E-state index contributed by atoms with van der Waals surface area (Å²) in [6.07, 6.45) is 1.51. The van der Waals surface area contributed by atoms with Crippen LogP contribution in [0.2, 0.25) is 0 Å². The molecule has 35 heavy (non-hydrogen) atoms. The van der Waals surface area contributed by atoms with Gasteiger partial charge < -0.3 is 24.8 Å². The largest absolute Gasteiger partial charge is 0.471 e. The van der Waals surface area contributed by atoms with E-state index in [1.165, 1.54) is 12.5 Å². The summed E-state index contributed by atoms with van der Waals surface area (Å²) in [4.78, 5) is 22.7. The molecule has 0 spiro atoms. The van der Waals surface area contributed by atoms with Crippen LogP contribution in [0.25, 0.3) is 11.5 Å². The van der Waals surface area contributed by atoms with Crippen LogP contribution in [-0.4, -0.2) is 81.4 Å². The number of likely N-dealkylation sites (tertiary alicyclic amines) is 1. The van der Waals surface area contributed by atoms with Gasteiger partial charge in [-0.25, -0.2) is 15.0 Å². The Hall–Kier alpha value is -3.39. The van der Waals surface area contributed by atoms with Crippen molar-refractivity contribution < 1.29 is 22.4 Å². The Bertz CT molecular complexity index is 1090. The van der Waals surface area contributed by atoms with Crippen LogP contribution in [0.1, 0.15) is 30.3 Å². The molecule has 1 saturated heterocycles. The van der Waals surface area contributed by atoms with Crippen molar-refractivity contribution in [3.63, 3.8) is 0 Å². The number of hydrogen-bond donors (Lipinski definition) is 2. The number of aromatic nitrogens is 6. The van der Waals surface area contributed by atoms with Crippen LogP contribution in [0.3, 0.4) is 0 Å². The molecule has 2 N–H and O–H groups in total. The fourth-order valence-electron chi connectivity index (χ4n) is 3.75. The van der Waals surface area contributed by atoms with Crippen LogP contribution in [0.15, 0.2) is 29.3 Å². The fourth-order valence-corrected chi connectivity index (χ4v) is 3.75. The molecule has 3 aromatic heterocycles. The molecule has 3 aromatic rings. The lowest BCUT2D eigenvalue weighted by atomic mass is 9.93. The number of alkyl halides is 3. The van der Waals surface area contributed by atoms with E-state index < -0.39 is 12.1 Å². The second-order valence-electron chi connectivity index (χ2n) is 8.00. The number of anilines is 2. The van der Waals surface area contributed by atoms with Gasteiger partial charge in [-0.1, -0.05) is 5.16 Å². The Balaban J connectivity index is 1.25. The van der Waals surface area contributed by atoms with Gasteiger partial charge in [0, 0.05) is 44.9 Å². The highest BCUT2D eigenvalue weighted by atomic mass is 19.4. The highest BCUT2D eigenvalue weighted by Crippen LogP contribution is 2.30. The van der Waals surface area contributed by atoms with E-state index in [1.54, 1.807) is 13.3 Å². The van der Waals surface area contributed by atoms with E-state index in [0.717, 1.165) is 50.7 Å². The molecule has 4 heterocycles. The maximum atomic E-state index is 12.7. The van der Waals surface area contributed by atoms with Gasteiger partial charge in [-0.2, -0.15) is 18.2 Å². The van der Waals surface area contributed by atoms with E-state index in [2.05, 4.69) is 50.1 Å². The first-order chi connectivity index (χ1) is 16.9. The summed E-state index contributed by atoms with van der Waals surface area (Å²) >= 11 is 0. The molecule has 0 amide bonds. The van der Waals surface area contributed by atoms with Crippen LogP contribution in [-0.2, 0) is 10.9 Å². The molecule has 1 aliphatic rings. The standard InChI is InChI=1S/C21H26F3N9O2/c1-34-9-5-27-18-10-17(28-13-29-18)26-4-8-33-6-2-14(3-7-33)15-11-25-12-16(30-15)19-31-20(35-32-19)21(22,23)24/h10-14H,2-9H2,1H3,(H2,26,27,28,29). The second-order valence-corrected chi connectivity index (χ2v) is 8.00. The zero-order valence-electron chi connectivity index (χ0n) is 19.1. The molecular weight excluding hydrogens is 467 g/mol. The summed E-state index contributed by atoms with van der Waals surface area (Å²) in [5, 5.41) is 9.87. The number of nitrogens with one attached hydrogen (secondary N) is 2. The first-order valence-electron chi connectivity index (χ1n) is 11.2. The van der Waals surface area contributed by atoms with Crippen molar-refractivity contribution in [2.24, 2.45) is 0 Å². The summed E-state index contributed by atoms with van der Waals surface area (Å²) < 4.78 is 47.5. The molecule has 0 radical (unpaired) electrons. The third kappa shape index (κ3) is 6.82. The quantitative estimate of drug-likeness (QED) is 0.405. The number of ether oxygens (including phenoxy) is 1. The Kier molecular flexibility index (Phi) is 8.02. The van der Waals surface area contributed by atoms with E-state index in [1.807, 2.05) is 6.07 Å². The van der Waals surface area contributed by atoms with Gasteiger partial charge in [-0.05, 0) is 25.9 Å². The summed E-state index contributed by atoms with van der Waals surface area (Å²) in [6.45, 7) is 4.57. The van der Waals surface area contributed by atoms with Crippen molar-refractivity contribution >= 4 is 11.6 Å². The van der Waals surface area contributed by atoms with Crippen LogP contribution in [0.4, 0.5) is 24.8 Å². The zero-order chi connectivity index (χ0) is 24.7. The van der Waals surface area contributed by atoms with Crippen molar-refractivity contribution in [1.29, 1.82) is 0 Å². The lowest BCUT2D eigenvalue weighted by molar-refractivity contribution is -0.159. The Morgan fingerprint density at radius 3 is 2.51 bits per heavy atom. The van der Waals surface area contributed by atoms with Crippen molar-refractivity contribution in [2.45, 2.75) is 24.9 Å². The van der Waals surface area contributed by atoms with Crippen LogP contribution >= 0.6 is 0 Å². The van der Waals surface area contributed by atoms with Gasteiger partial charge in [-0.15, -0.1) is 0 Å². The molecule has 0 unspecified atom stereocenters. The van der Waals surface area contributed by atoms with Gasteiger partial charge in [0.25, 0.3) is 0 Å². The molecule has 0 saturated carbocycles. The summed E-state index contributed by atoms with van der Waals surface area (Å²) in [5.74, 6) is 0.0126. The van der Waals surface area contributed by atoms with Crippen LogP contribution in [0, 0.1) is 0 Å². The minimum Gasteiger partial charge on any atom is -0.383 e. The number of hydrogen-bond acceptors (Lipinski definition) is 11. The van der Waals surface area contributed by atoms with Gasteiger partial charge in [0.05, 0.1) is 18.5 Å². The zero-order valence-corrected chi connectivity index (χ0v) is 19.1. The Morgan fingerprint density at radius 1 is 1.09 bits per heavy atom. The van der Waals surface area contributed by atoms with Gasteiger partial charge in [0.2, 0.25) is 5.82 Å². The van der Waals surface area contributed by atoms with E-state index in [0.29, 0.717) is 18.8 Å². The van der Waals surface area contributed by atoms with E-state index >= 15 is 0 Å². The maximum Gasteiger partial charge on any atom is 0.471 e. The molecular formula is C21H26F3N9O2. The molecule has 4 rings (SSSR count). The van der Waals surface area contributed by atoms with Crippen molar-refractivity contribution in [2.75, 3.05) is 57.1 Å². The second kappa shape index (κ2) is 11.4. The first kappa shape index (κ1) is 24.7. The molecule has 14 heteroatoms. The molecule has 0 atom stereocenters. The lowest BCUT2D eigenvalue weighted by Gasteiger charge is -2.31. The smallest absolute Gasteiger partial charge is 0.383 e. The highest BCUT2D eigenvalue weighted by Gasteiger charge is 2.38. The van der Waals surface area contributed by atoms with Gasteiger partial charge in [0.15, 0.2) is 0 Å². The third-order valence-corrected chi connectivity index (χ3v) is 5.57. The predicted molar refractivity (Wildman–Crippen MR) is 120 cm³/mol. The molecule has 11 nitrogen and oxygen atoms in total. The maximum absolute atomic E-state index is 12.7. The molecule has 0 aromatic carbocycles. The average Bonchev–Trinajstić information content (AvgIpc) is 3.37. The van der Waals surface area contributed by atoms with Gasteiger partial charge in [-0.3, -0.25) is 4.98 Å². The van der Waals surface area contributed by atoms with Crippen LogP contribution < -0.4 is 10.6 Å². The average molecular weight is 493 g/mol. The monoisotopic (exact) mass is 493 g/mol. The number of piperidine rings is 1. The summed E-state index contributed by atoms with van der Waals surface area (Å²) in [5.41, 5.74) is 0.877. The number of methoxy groups -OCH3 is 1. The van der Waals surface area contributed by atoms with Crippen molar-refractivity contribution in [1.82, 2.24) is 35.0 Å². The molecule has 1 aliphatic heterocycles. The number of halogens is 3. The Labute approximate surface area is 199 Å². The predicted octanol–water partition coefficient (Wildman–Crippen LogP) is 2.69. The molecule has 0 aliphatic carbocycles. The van der Waals surface area contributed by atoms with Crippen molar-refractivity contribution in [3.05, 3.63) is 36.4 Å². The van der Waals surface area contributed by atoms with E-state index in [9.17, 15) is 13.2 Å². The first-order valence-corrected chi connectivity index (χ1v) is 11.2. The van der Waals surface area contributed by atoms with Crippen LogP contribution in [0.5, 0.6) is 0 Å². The SMILES string of the molecule is COCCNc1cc(NCCN2CCC(c3cncc(-c4noc(C(F)(F)F)n4)n3)CC2)ncn1. The fraction of sp³-hybridized carbons (Fsp3) is 0.524. The highest BCUT2D eigenvalue weighted by molar-refractivity contribution is 5.47. The van der Waals surface area contributed by atoms with E-state index in [4.69, 9.17) is 4.74 Å². The molecule has 0 bridgehead atoms. The number of rotatable bonds is 10. The normalized spacial score (nSPS) is 15.3. The van der Waals surface area contributed by atoms with Gasteiger partial charge >= 0.3 is 12.1 Å². The van der Waals surface area contributed by atoms with E-state index in [-0.39, 0.29) is 17.4 Å². The molecule has 188 valence electrons. The molecule has 1 fully saturated rings. The topological polar surface area (TPSA) is 127 Å². The minimum atomic E-state index is -4.70.